The van der Waals surface area contributed by atoms with Crippen molar-refractivity contribution in [2.24, 2.45) is 5.10 Å². The first-order valence-corrected chi connectivity index (χ1v) is 6.63. The molecule has 17 heavy (non-hydrogen) atoms. The Bertz CT molecular complexity index is 588. The van der Waals surface area contributed by atoms with Crippen LogP contribution in [0.3, 0.4) is 0 Å². The molecule has 0 radical (unpaired) electrons. The van der Waals surface area contributed by atoms with Crippen molar-refractivity contribution in [2.75, 3.05) is 5.43 Å². The third-order valence-electron chi connectivity index (χ3n) is 1.88. The summed E-state index contributed by atoms with van der Waals surface area (Å²) in [5.41, 5.74) is 3.72. The molecule has 1 aromatic carbocycles. The normalized spacial score (nSPS) is 10.9. The number of aromatic nitrogens is 1. The Morgan fingerprint density at radius 2 is 2.12 bits per heavy atom. The zero-order valence-electron chi connectivity index (χ0n) is 8.48. The Morgan fingerprint density at radius 1 is 1.41 bits per heavy atom. The molecule has 1 heterocycles. The monoisotopic (exact) mass is 329 g/mol. The van der Waals surface area contributed by atoms with E-state index in [2.05, 4.69) is 31.4 Å². The number of H-pyrrole nitrogens is 1. The third-order valence-corrected chi connectivity index (χ3v) is 3.56. The molecule has 0 bridgehead atoms. The number of aromatic hydroxyl groups is 1. The Morgan fingerprint density at radius 3 is 2.71 bits per heavy atom. The second-order valence-corrected chi connectivity index (χ2v) is 5.74. The highest BCUT2D eigenvalue weighted by Crippen LogP contribution is 2.19. The van der Waals surface area contributed by atoms with Crippen molar-refractivity contribution < 1.29 is 5.11 Å². The second kappa shape index (κ2) is 5.44. The van der Waals surface area contributed by atoms with Crippen LogP contribution in [0.4, 0.5) is 5.69 Å². The number of nitrogens with one attached hydrogen (secondary N) is 2. The molecule has 7 heteroatoms. The molecule has 1 aromatic heterocycles. The van der Waals surface area contributed by atoms with Crippen molar-refractivity contribution in [3.05, 3.63) is 37.6 Å². The van der Waals surface area contributed by atoms with Gasteiger partial charge in [-0.05, 0) is 36.5 Å². The maximum atomic E-state index is 9.43. The number of hydrogen-bond acceptors (Lipinski definition) is 5. The van der Waals surface area contributed by atoms with E-state index in [9.17, 15) is 5.11 Å². The number of hydrogen-bond donors (Lipinski definition) is 3. The van der Waals surface area contributed by atoms with E-state index < -0.39 is 0 Å². The number of aromatic amines is 1. The van der Waals surface area contributed by atoms with Crippen LogP contribution in [0, 0.1) is 3.95 Å². The van der Waals surface area contributed by atoms with Gasteiger partial charge in [-0.25, -0.2) is 0 Å². The molecule has 2 rings (SSSR count). The molecule has 0 atom stereocenters. The summed E-state index contributed by atoms with van der Waals surface area (Å²) in [6, 6.07) is 7.60. The van der Waals surface area contributed by atoms with Gasteiger partial charge in [0.15, 0.2) is 3.95 Å². The van der Waals surface area contributed by atoms with Crippen molar-refractivity contribution >= 4 is 51.4 Å². The minimum absolute atomic E-state index is 0.0429. The van der Waals surface area contributed by atoms with Crippen LogP contribution in [0.25, 0.3) is 0 Å². The summed E-state index contributed by atoms with van der Waals surface area (Å²) in [4.78, 5) is 3.22. The lowest BCUT2D eigenvalue weighted by Crippen LogP contribution is -1.88. The summed E-state index contributed by atoms with van der Waals surface area (Å²) < 4.78 is 1.53. The van der Waals surface area contributed by atoms with Crippen LogP contribution in [-0.2, 0) is 0 Å². The molecule has 88 valence electrons. The van der Waals surface area contributed by atoms with Crippen LogP contribution >= 0.6 is 39.5 Å². The Labute approximate surface area is 115 Å². The topological polar surface area (TPSA) is 60.4 Å². The standard InChI is InChI=1S/C10H8BrN3OS2/c11-6-1-3-7(4-2-6)14-12-5-8-9(15)13-10(16)17-8/h1-5,14-15H,(H,13,16)/b12-5+. The van der Waals surface area contributed by atoms with E-state index in [-0.39, 0.29) is 5.88 Å². The van der Waals surface area contributed by atoms with E-state index in [0.717, 1.165) is 10.2 Å². The van der Waals surface area contributed by atoms with Crippen molar-refractivity contribution in [1.29, 1.82) is 0 Å². The molecule has 0 aliphatic rings. The van der Waals surface area contributed by atoms with Gasteiger partial charge < -0.3 is 10.1 Å². The second-order valence-electron chi connectivity index (χ2n) is 3.10. The van der Waals surface area contributed by atoms with Crippen LogP contribution < -0.4 is 5.43 Å². The van der Waals surface area contributed by atoms with Crippen LogP contribution in [0.5, 0.6) is 5.88 Å². The smallest absolute Gasteiger partial charge is 0.209 e. The molecule has 0 unspecified atom stereocenters. The highest BCUT2D eigenvalue weighted by molar-refractivity contribution is 9.10. The van der Waals surface area contributed by atoms with Gasteiger partial charge in [-0.15, -0.1) is 0 Å². The Hall–Kier alpha value is -1.18. The lowest BCUT2D eigenvalue weighted by molar-refractivity contribution is 0.456. The van der Waals surface area contributed by atoms with Crippen LogP contribution in [0.15, 0.2) is 33.8 Å². The number of halogens is 1. The molecular formula is C10H8BrN3OS2. The van der Waals surface area contributed by atoms with Gasteiger partial charge in [0.1, 0.15) is 4.88 Å². The van der Waals surface area contributed by atoms with Gasteiger partial charge in [0.2, 0.25) is 5.88 Å². The minimum atomic E-state index is 0.0429. The first-order valence-electron chi connectivity index (χ1n) is 4.62. The van der Waals surface area contributed by atoms with Crippen LogP contribution in [0.1, 0.15) is 4.88 Å². The zero-order chi connectivity index (χ0) is 12.3. The molecule has 0 spiro atoms. The fourth-order valence-corrected chi connectivity index (χ4v) is 2.34. The van der Waals surface area contributed by atoms with Crippen molar-refractivity contribution in [1.82, 2.24) is 4.98 Å². The van der Waals surface area contributed by atoms with E-state index in [0.29, 0.717) is 8.83 Å². The Kier molecular flexibility index (Phi) is 3.93. The average molecular weight is 330 g/mol. The SMILES string of the molecule is Oc1[nH]c(=S)sc1/C=N/Nc1ccc(Br)cc1. The van der Waals surface area contributed by atoms with Gasteiger partial charge in [0.25, 0.3) is 0 Å². The number of benzene rings is 1. The molecular weight excluding hydrogens is 322 g/mol. The molecule has 0 aliphatic heterocycles. The van der Waals surface area contributed by atoms with E-state index in [4.69, 9.17) is 12.2 Å². The predicted molar refractivity (Wildman–Crippen MR) is 76.5 cm³/mol. The average Bonchev–Trinajstić information content (AvgIpc) is 2.60. The van der Waals surface area contributed by atoms with E-state index in [1.165, 1.54) is 17.6 Å². The zero-order valence-corrected chi connectivity index (χ0v) is 11.7. The first-order chi connectivity index (χ1) is 8.15. The van der Waals surface area contributed by atoms with Crippen LogP contribution in [0.2, 0.25) is 0 Å². The van der Waals surface area contributed by atoms with Gasteiger partial charge in [-0.1, -0.05) is 27.3 Å². The summed E-state index contributed by atoms with van der Waals surface area (Å²) in [5, 5.41) is 13.4. The third kappa shape index (κ3) is 3.39. The lowest BCUT2D eigenvalue weighted by Gasteiger charge is -1.98. The summed E-state index contributed by atoms with van der Waals surface area (Å²) in [6.07, 6.45) is 1.52. The fourth-order valence-electron chi connectivity index (χ4n) is 1.11. The quantitative estimate of drug-likeness (QED) is 0.457. The van der Waals surface area contributed by atoms with Gasteiger partial charge in [-0.2, -0.15) is 5.10 Å². The largest absolute Gasteiger partial charge is 0.494 e. The van der Waals surface area contributed by atoms with Gasteiger partial charge >= 0.3 is 0 Å². The maximum Gasteiger partial charge on any atom is 0.209 e. The van der Waals surface area contributed by atoms with Crippen molar-refractivity contribution in [3.8, 4) is 5.88 Å². The highest BCUT2D eigenvalue weighted by Gasteiger charge is 2.00. The number of hydrazone groups is 1. The summed E-state index contributed by atoms with van der Waals surface area (Å²) in [5.74, 6) is 0.0429. The summed E-state index contributed by atoms with van der Waals surface area (Å²) in [7, 11) is 0. The molecule has 0 aliphatic carbocycles. The van der Waals surface area contributed by atoms with E-state index in [1.807, 2.05) is 24.3 Å². The van der Waals surface area contributed by atoms with E-state index >= 15 is 0 Å². The first kappa shape index (κ1) is 12.3. The van der Waals surface area contributed by atoms with Gasteiger partial charge in [-0.3, -0.25) is 5.43 Å². The molecule has 4 nitrogen and oxygen atoms in total. The Balaban J connectivity index is 2.05. The molecule has 0 saturated heterocycles. The van der Waals surface area contributed by atoms with Gasteiger partial charge in [0.05, 0.1) is 11.9 Å². The molecule has 3 N–H and O–H groups in total. The molecule has 0 fully saturated rings. The fraction of sp³-hybridized carbons (Fsp3) is 0. The van der Waals surface area contributed by atoms with Crippen molar-refractivity contribution in [2.45, 2.75) is 0 Å². The highest BCUT2D eigenvalue weighted by atomic mass is 79.9. The summed E-state index contributed by atoms with van der Waals surface area (Å²) >= 11 is 9.51. The lowest BCUT2D eigenvalue weighted by atomic mass is 10.3. The number of thiazole rings is 1. The predicted octanol–water partition coefficient (Wildman–Crippen LogP) is 3.72. The maximum absolute atomic E-state index is 9.43. The minimum Gasteiger partial charge on any atom is -0.494 e. The van der Waals surface area contributed by atoms with Crippen LogP contribution in [-0.4, -0.2) is 16.3 Å². The van der Waals surface area contributed by atoms with Crippen molar-refractivity contribution in [3.63, 3.8) is 0 Å². The number of anilines is 1. The van der Waals surface area contributed by atoms with E-state index in [1.54, 1.807) is 0 Å². The molecule has 0 saturated carbocycles. The molecule has 2 aromatic rings. The number of rotatable bonds is 3. The molecule has 0 amide bonds. The summed E-state index contributed by atoms with van der Waals surface area (Å²) in [6.45, 7) is 0. The van der Waals surface area contributed by atoms with Gasteiger partial charge in [0, 0.05) is 4.47 Å². The number of nitrogens with zero attached hydrogens (tertiary/aromatic N) is 1.